The van der Waals surface area contributed by atoms with Gasteiger partial charge < -0.3 is 11.5 Å². The molecule has 1 aromatic heterocycles. The van der Waals surface area contributed by atoms with Crippen molar-refractivity contribution < 1.29 is 0 Å². The van der Waals surface area contributed by atoms with Gasteiger partial charge in [-0.3, -0.25) is 0 Å². The summed E-state index contributed by atoms with van der Waals surface area (Å²) in [7, 11) is 0. The van der Waals surface area contributed by atoms with Crippen LogP contribution >= 0.6 is 27.5 Å². The van der Waals surface area contributed by atoms with Crippen molar-refractivity contribution in [3.8, 4) is 11.4 Å². The molecular weight excluding hydrogens is 304 g/mol. The molecule has 0 saturated carbocycles. The predicted octanol–water partition coefficient (Wildman–Crippen LogP) is 3.03. The highest BCUT2D eigenvalue weighted by Gasteiger charge is 2.09. The minimum absolute atomic E-state index is 0.174. The molecule has 6 heteroatoms. The molecule has 0 unspecified atom stereocenters. The van der Waals surface area contributed by atoms with Crippen LogP contribution in [0.5, 0.6) is 0 Å². The second kappa shape index (κ2) is 4.50. The zero-order valence-electron chi connectivity index (χ0n) is 9.04. The molecular formula is C11H10BrClN4. The summed E-state index contributed by atoms with van der Waals surface area (Å²) in [6.45, 7) is 1.98. The number of rotatable bonds is 1. The van der Waals surface area contributed by atoms with Crippen molar-refractivity contribution >= 4 is 39.0 Å². The number of hydrogen-bond donors (Lipinski definition) is 2. The summed E-state index contributed by atoms with van der Waals surface area (Å²) in [5.41, 5.74) is 13.4. The van der Waals surface area contributed by atoms with Crippen molar-refractivity contribution in [1.29, 1.82) is 0 Å². The highest BCUT2D eigenvalue weighted by Crippen LogP contribution is 2.27. The van der Waals surface area contributed by atoms with E-state index in [9.17, 15) is 0 Å². The number of aryl methyl sites for hydroxylation is 1. The van der Waals surface area contributed by atoms with Gasteiger partial charge in [0.05, 0.1) is 0 Å². The van der Waals surface area contributed by atoms with Crippen molar-refractivity contribution in [3.63, 3.8) is 0 Å². The van der Waals surface area contributed by atoms with Gasteiger partial charge in [0.1, 0.15) is 5.69 Å². The molecule has 0 radical (unpaired) electrons. The zero-order chi connectivity index (χ0) is 12.6. The fraction of sp³-hybridized carbons (Fsp3) is 0.0909. The highest BCUT2D eigenvalue weighted by molar-refractivity contribution is 9.10. The second-order valence-electron chi connectivity index (χ2n) is 3.60. The Labute approximate surface area is 112 Å². The SMILES string of the molecule is Cc1cc(-c2nc(N)c(N)c(Cl)n2)ccc1Br. The van der Waals surface area contributed by atoms with E-state index in [1.807, 2.05) is 25.1 Å². The van der Waals surface area contributed by atoms with Crippen LogP contribution in [0.4, 0.5) is 11.5 Å². The number of anilines is 2. The fourth-order valence-corrected chi connectivity index (χ4v) is 1.79. The van der Waals surface area contributed by atoms with Crippen molar-refractivity contribution in [1.82, 2.24) is 9.97 Å². The summed E-state index contributed by atoms with van der Waals surface area (Å²) in [6, 6.07) is 5.76. The second-order valence-corrected chi connectivity index (χ2v) is 4.81. The third kappa shape index (κ3) is 2.35. The number of nitrogens with two attached hydrogens (primary N) is 2. The van der Waals surface area contributed by atoms with Crippen molar-refractivity contribution in [3.05, 3.63) is 33.4 Å². The maximum atomic E-state index is 5.87. The van der Waals surface area contributed by atoms with Gasteiger partial charge in [-0.2, -0.15) is 0 Å². The van der Waals surface area contributed by atoms with E-state index in [0.29, 0.717) is 5.82 Å². The molecule has 17 heavy (non-hydrogen) atoms. The standard InChI is InChI=1S/C11H10BrClN4/c1-5-4-6(2-3-7(5)12)11-16-9(13)8(14)10(15)17-11/h2-4H,14H2,1H3,(H2,15,16,17). The van der Waals surface area contributed by atoms with Gasteiger partial charge >= 0.3 is 0 Å². The lowest BCUT2D eigenvalue weighted by atomic mass is 10.1. The molecule has 0 aliphatic heterocycles. The van der Waals surface area contributed by atoms with Gasteiger partial charge in [0.2, 0.25) is 0 Å². The molecule has 4 N–H and O–H groups in total. The maximum absolute atomic E-state index is 5.87. The van der Waals surface area contributed by atoms with Gasteiger partial charge in [0, 0.05) is 10.0 Å². The predicted molar refractivity (Wildman–Crippen MR) is 73.7 cm³/mol. The minimum Gasteiger partial charge on any atom is -0.393 e. The first kappa shape index (κ1) is 12.1. The zero-order valence-corrected chi connectivity index (χ0v) is 11.4. The monoisotopic (exact) mass is 312 g/mol. The average molecular weight is 314 g/mol. The van der Waals surface area contributed by atoms with E-state index in [4.69, 9.17) is 23.1 Å². The molecule has 1 heterocycles. The Morgan fingerprint density at radius 2 is 1.94 bits per heavy atom. The molecule has 0 aliphatic carbocycles. The summed E-state index contributed by atoms with van der Waals surface area (Å²) in [5.74, 6) is 0.665. The quantitative estimate of drug-likeness (QED) is 0.793. The number of aromatic nitrogens is 2. The first-order chi connectivity index (χ1) is 7.99. The Kier molecular flexibility index (Phi) is 3.22. The number of hydrogen-bond acceptors (Lipinski definition) is 4. The van der Waals surface area contributed by atoms with Crippen LogP contribution in [-0.4, -0.2) is 9.97 Å². The number of benzene rings is 1. The van der Waals surface area contributed by atoms with Crippen LogP contribution in [0.25, 0.3) is 11.4 Å². The number of nitrogens with zero attached hydrogens (tertiary/aromatic N) is 2. The summed E-state index contributed by atoms with van der Waals surface area (Å²) in [5, 5.41) is 0.174. The van der Waals surface area contributed by atoms with Crippen molar-refractivity contribution in [2.45, 2.75) is 6.92 Å². The summed E-state index contributed by atoms with van der Waals surface area (Å²) in [6.07, 6.45) is 0. The highest BCUT2D eigenvalue weighted by atomic mass is 79.9. The third-order valence-electron chi connectivity index (χ3n) is 2.34. The average Bonchev–Trinajstić information content (AvgIpc) is 2.29. The Morgan fingerprint density at radius 3 is 2.53 bits per heavy atom. The van der Waals surface area contributed by atoms with E-state index in [1.54, 1.807) is 0 Å². The van der Waals surface area contributed by atoms with E-state index >= 15 is 0 Å². The molecule has 0 amide bonds. The van der Waals surface area contributed by atoms with Gasteiger partial charge in [-0.15, -0.1) is 0 Å². The third-order valence-corrected chi connectivity index (χ3v) is 3.52. The Morgan fingerprint density at radius 1 is 1.24 bits per heavy atom. The molecule has 2 rings (SSSR count). The lowest BCUT2D eigenvalue weighted by molar-refractivity contribution is 1.18. The Hall–Kier alpha value is -1.33. The van der Waals surface area contributed by atoms with Crippen molar-refractivity contribution in [2.24, 2.45) is 0 Å². The van der Waals surface area contributed by atoms with Crippen molar-refractivity contribution in [2.75, 3.05) is 11.5 Å². The summed E-state index contributed by atoms with van der Waals surface area (Å²) in [4.78, 5) is 8.23. The molecule has 0 atom stereocenters. The van der Waals surface area contributed by atoms with Crippen LogP contribution < -0.4 is 11.5 Å². The molecule has 0 aliphatic rings. The lowest BCUT2D eigenvalue weighted by Crippen LogP contribution is -2.02. The molecule has 2 aromatic rings. The summed E-state index contributed by atoms with van der Waals surface area (Å²) < 4.78 is 1.02. The first-order valence-electron chi connectivity index (χ1n) is 4.84. The van der Waals surface area contributed by atoms with Gasteiger partial charge in [0.25, 0.3) is 0 Å². The molecule has 1 aromatic carbocycles. The maximum Gasteiger partial charge on any atom is 0.163 e. The molecule has 0 bridgehead atoms. The van der Waals surface area contributed by atoms with E-state index in [-0.39, 0.29) is 16.7 Å². The normalized spacial score (nSPS) is 10.5. The van der Waals surface area contributed by atoms with Crippen LogP contribution in [0.2, 0.25) is 5.15 Å². The Bertz CT molecular complexity index is 563. The van der Waals surface area contributed by atoms with Crippen LogP contribution in [0, 0.1) is 6.92 Å². The van der Waals surface area contributed by atoms with Crippen LogP contribution in [0.1, 0.15) is 5.56 Å². The lowest BCUT2D eigenvalue weighted by Gasteiger charge is -2.06. The molecule has 0 fully saturated rings. The van der Waals surface area contributed by atoms with Gasteiger partial charge in [-0.05, 0) is 24.6 Å². The van der Waals surface area contributed by atoms with Gasteiger partial charge in [-0.25, -0.2) is 9.97 Å². The van der Waals surface area contributed by atoms with Crippen LogP contribution in [-0.2, 0) is 0 Å². The fourth-order valence-electron chi connectivity index (χ4n) is 1.37. The van der Waals surface area contributed by atoms with Crippen LogP contribution in [0.3, 0.4) is 0 Å². The van der Waals surface area contributed by atoms with Gasteiger partial charge in [-0.1, -0.05) is 33.6 Å². The molecule has 88 valence electrons. The Balaban J connectivity index is 2.57. The summed E-state index contributed by atoms with van der Waals surface area (Å²) >= 11 is 9.31. The largest absolute Gasteiger partial charge is 0.393 e. The molecule has 0 saturated heterocycles. The minimum atomic E-state index is 0.174. The van der Waals surface area contributed by atoms with E-state index in [1.165, 1.54) is 0 Å². The topological polar surface area (TPSA) is 77.8 Å². The van der Waals surface area contributed by atoms with E-state index in [2.05, 4.69) is 25.9 Å². The molecule has 0 spiro atoms. The molecule has 4 nitrogen and oxygen atoms in total. The number of nitrogen functional groups attached to an aromatic ring is 2. The van der Waals surface area contributed by atoms with E-state index < -0.39 is 0 Å². The smallest absolute Gasteiger partial charge is 0.163 e. The number of halogens is 2. The van der Waals surface area contributed by atoms with E-state index in [0.717, 1.165) is 15.6 Å². The van der Waals surface area contributed by atoms with Gasteiger partial charge in [0.15, 0.2) is 16.8 Å². The first-order valence-corrected chi connectivity index (χ1v) is 6.01. The van der Waals surface area contributed by atoms with Crippen LogP contribution in [0.15, 0.2) is 22.7 Å².